The van der Waals surface area contributed by atoms with Crippen LogP contribution in [0.5, 0.6) is 0 Å². The minimum Gasteiger partial charge on any atom is -0.481 e. The summed E-state index contributed by atoms with van der Waals surface area (Å²) in [5, 5.41) is 10.3. The highest BCUT2D eigenvalue weighted by Gasteiger charge is 2.20. The van der Waals surface area contributed by atoms with Crippen molar-refractivity contribution in [2.75, 3.05) is 5.75 Å². The third-order valence-electron chi connectivity index (χ3n) is 3.55. The van der Waals surface area contributed by atoms with Gasteiger partial charge < -0.3 is 9.67 Å². The van der Waals surface area contributed by atoms with Gasteiger partial charge >= 0.3 is 5.97 Å². The van der Waals surface area contributed by atoms with Gasteiger partial charge in [-0.05, 0) is 37.5 Å². The summed E-state index contributed by atoms with van der Waals surface area (Å²) < 4.78 is 2.17. The van der Waals surface area contributed by atoms with Crippen LogP contribution in [0.2, 0.25) is 5.02 Å². The molecule has 0 saturated carbocycles. The summed E-state index contributed by atoms with van der Waals surface area (Å²) in [5.74, 6) is -0.820. The van der Waals surface area contributed by atoms with Gasteiger partial charge in [0.15, 0.2) is 5.16 Å². The number of carboxylic acids is 1. The van der Waals surface area contributed by atoms with Crippen LogP contribution in [0.1, 0.15) is 25.3 Å². The number of hydrogen-bond donors (Lipinski definition) is 1. The molecule has 1 aliphatic rings. The summed E-state index contributed by atoms with van der Waals surface area (Å²) in [4.78, 5) is 15.4. The Morgan fingerprint density at radius 2 is 2.33 bits per heavy atom. The van der Waals surface area contributed by atoms with Gasteiger partial charge in [0.1, 0.15) is 0 Å². The molecule has 0 spiro atoms. The van der Waals surface area contributed by atoms with Crippen LogP contribution in [0.3, 0.4) is 0 Å². The van der Waals surface area contributed by atoms with Gasteiger partial charge in [-0.3, -0.25) is 4.79 Å². The van der Waals surface area contributed by atoms with Crippen LogP contribution in [0.25, 0.3) is 11.0 Å². The fourth-order valence-corrected chi connectivity index (χ4v) is 3.61. The fourth-order valence-electron chi connectivity index (χ4n) is 2.64. The smallest absolute Gasteiger partial charge is 0.313 e. The Kier molecular flexibility index (Phi) is 4.22. The van der Waals surface area contributed by atoms with Gasteiger partial charge in [-0.25, -0.2) is 4.98 Å². The maximum atomic E-state index is 10.8. The number of halogens is 1. The Labute approximate surface area is 131 Å². The van der Waals surface area contributed by atoms with Crippen molar-refractivity contribution >= 4 is 40.4 Å². The zero-order valence-corrected chi connectivity index (χ0v) is 12.9. The molecule has 0 fully saturated rings. The molecule has 1 aliphatic carbocycles. The third kappa shape index (κ3) is 3.09. The van der Waals surface area contributed by atoms with Gasteiger partial charge in [0, 0.05) is 11.1 Å². The van der Waals surface area contributed by atoms with Crippen LogP contribution in [-0.4, -0.2) is 26.4 Å². The first kappa shape index (κ1) is 14.5. The first-order valence-corrected chi connectivity index (χ1v) is 8.18. The van der Waals surface area contributed by atoms with E-state index in [1.165, 1.54) is 11.8 Å². The van der Waals surface area contributed by atoms with Crippen LogP contribution in [-0.2, 0) is 4.79 Å². The van der Waals surface area contributed by atoms with Crippen molar-refractivity contribution < 1.29 is 9.90 Å². The average Bonchev–Trinajstić information content (AvgIpc) is 2.83. The first-order chi connectivity index (χ1) is 10.1. The van der Waals surface area contributed by atoms with Crippen molar-refractivity contribution in [2.45, 2.75) is 30.5 Å². The van der Waals surface area contributed by atoms with E-state index >= 15 is 0 Å². The Balaban J connectivity index is 2.05. The number of carboxylic acid groups (broad SMARTS) is 1. The van der Waals surface area contributed by atoms with Gasteiger partial charge in [-0.15, -0.1) is 0 Å². The van der Waals surface area contributed by atoms with Crippen LogP contribution in [0.15, 0.2) is 35.5 Å². The van der Waals surface area contributed by atoms with Crippen LogP contribution < -0.4 is 0 Å². The molecule has 1 aromatic heterocycles. The average molecular weight is 323 g/mol. The zero-order chi connectivity index (χ0) is 14.8. The van der Waals surface area contributed by atoms with Crippen molar-refractivity contribution in [1.29, 1.82) is 0 Å². The van der Waals surface area contributed by atoms with Gasteiger partial charge in [0.25, 0.3) is 0 Å². The lowest BCUT2D eigenvalue weighted by molar-refractivity contribution is -0.133. The molecule has 0 amide bonds. The monoisotopic (exact) mass is 322 g/mol. The van der Waals surface area contributed by atoms with Crippen molar-refractivity contribution in [3.8, 4) is 0 Å². The van der Waals surface area contributed by atoms with E-state index in [-0.39, 0.29) is 5.75 Å². The fraction of sp³-hybridized carbons (Fsp3) is 0.333. The Bertz CT molecular complexity index is 711. The second-order valence-electron chi connectivity index (χ2n) is 5.02. The SMILES string of the molecule is O=C(O)CSc1nc2cc(Cl)ccc2n1C1CC=CCC1. The lowest BCUT2D eigenvalue weighted by Crippen LogP contribution is -2.12. The number of rotatable bonds is 4. The standard InChI is InChI=1S/C15H15ClN2O2S/c16-10-6-7-13-12(8-10)17-15(21-9-14(19)20)18(13)11-4-2-1-3-5-11/h1-2,6-8,11H,3-5,9H2,(H,19,20). The van der Waals surface area contributed by atoms with E-state index in [4.69, 9.17) is 16.7 Å². The van der Waals surface area contributed by atoms with Gasteiger partial charge in [-0.2, -0.15) is 0 Å². The molecule has 1 N–H and O–H groups in total. The molecule has 4 nitrogen and oxygen atoms in total. The molecule has 0 radical (unpaired) electrons. The molecule has 1 aromatic carbocycles. The first-order valence-electron chi connectivity index (χ1n) is 6.82. The van der Waals surface area contributed by atoms with E-state index in [2.05, 4.69) is 21.7 Å². The number of hydrogen-bond acceptors (Lipinski definition) is 3. The molecule has 6 heteroatoms. The minimum atomic E-state index is -0.833. The normalized spacial score (nSPS) is 18.2. The minimum absolute atomic E-state index is 0.0135. The molecule has 3 rings (SSSR count). The molecule has 110 valence electrons. The number of fused-ring (bicyclic) bond motifs is 1. The van der Waals surface area contributed by atoms with Crippen molar-refractivity contribution in [2.24, 2.45) is 0 Å². The number of thioether (sulfide) groups is 1. The quantitative estimate of drug-likeness (QED) is 0.678. The van der Waals surface area contributed by atoms with Crippen LogP contribution in [0.4, 0.5) is 0 Å². The molecule has 1 atom stereocenters. The lowest BCUT2D eigenvalue weighted by Gasteiger charge is -2.22. The topological polar surface area (TPSA) is 55.1 Å². The highest BCUT2D eigenvalue weighted by atomic mass is 35.5. The molecule has 1 heterocycles. The zero-order valence-electron chi connectivity index (χ0n) is 11.3. The van der Waals surface area contributed by atoms with Crippen molar-refractivity contribution in [3.05, 3.63) is 35.4 Å². The molecular weight excluding hydrogens is 308 g/mol. The van der Waals surface area contributed by atoms with Crippen LogP contribution in [0, 0.1) is 0 Å². The largest absolute Gasteiger partial charge is 0.481 e. The van der Waals surface area contributed by atoms with E-state index in [1.807, 2.05) is 18.2 Å². The second kappa shape index (κ2) is 6.12. The number of nitrogens with zero attached hydrogens (tertiary/aromatic N) is 2. The predicted molar refractivity (Wildman–Crippen MR) is 85.1 cm³/mol. The number of allylic oxidation sites excluding steroid dienone is 2. The maximum Gasteiger partial charge on any atom is 0.313 e. The lowest BCUT2D eigenvalue weighted by atomic mass is 10.0. The molecule has 2 aromatic rings. The van der Waals surface area contributed by atoms with E-state index in [0.717, 1.165) is 35.5 Å². The number of aliphatic carboxylic acids is 1. The second-order valence-corrected chi connectivity index (χ2v) is 6.40. The number of imidazole rings is 1. The van der Waals surface area contributed by atoms with E-state index < -0.39 is 5.97 Å². The van der Waals surface area contributed by atoms with Gasteiger partial charge in [0.05, 0.1) is 16.8 Å². The van der Waals surface area contributed by atoms with Crippen molar-refractivity contribution in [1.82, 2.24) is 9.55 Å². The number of aromatic nitrogens is 2. The van der Waals surface area contributed by atoms with E-state index in [9.17, 15) is 4.79 Å². The highest BCUT2D eigenvalue weighted by Crippen LogP contribution is 2.34. The molecule has 1 unspecified atom stereocenters. The summed E-state index contributed by atoms with van der Waals surface area (Å²) >= 11 is 7.30. The highest BCUT2D eigenvalue weighted by molar-refractivity contribution is 7.99. The summed E-state index contributed by atoms with van der Waals surface area (Å²) in [6.07, 6.45) is 7.42. The molecule has 0 aliphatic heterocycles. The summed E-state index contributed by atoms with van der Waals surface area (Å²) in [7, 11) is 0. The maximum absolute atomic E-state index is 10.8. The Morgan fingerprint density at radius 3 is 3.05 bits per heavy atom. The van der Waals surface area contributed by atoms with Crippen LogP contribution >= 0.6 is 23.4 Å². The van der Waals surface area contributed by atoms with E-state index in [0.29, 0.717) is 11.1 Å². The predicted octanol–water partition coefficient (Wildman–Crippen LogP) is 4.15. The summed E-state index contributed by atoms with van der Waals surface area (Å²) in [5.41, 5.74) is 1.84. The van der Waals surface area contributed by atoms with Gasteiger partial charge in [-0.1, -0.05) is 35.5 Å². The Hall–Kier alpha value is -1.46. The number of benzene rings is 1. The summed E-state index contributed by atoms with van der Waals surface area (Å²) in [6.45, 7) is 0. The molecule has 0 bridgehead atoms. The third-order valence-corrected chi connectivity index (χ3v) is 4.72. The summed E-state index contributed by atoms with van der Waals surface area (Å²) in [6, 6.07) is 5.98. The van der Waals surface area contributed by atoms with Gasteiger partial charge in [0.2, 0.25) is 0 Å². The molecule has 21 heavy (non-hydrogen) atoms. The van der Waals surface area contributed by atoms with Crippen molar-refractivity contribution in [3.63, 3.8) is 0 Å². The molecular formula is C15H15ClN2O2S. The van der Waals surface area contributed by atoms with E-state index in [1.54, 1.807) is 0 Å². The Morgan fingerprint density at radius 1 is 1.48 bits per heavy atom. The number of carbonyl (C=O) groups is 1. The molecule has 0 saturated heterocycles.